The largest absolute Gasteiger partial charge is 0.288 e. The van der Waals surface area contributed by atoms with Crippen molar-refractivity contribution < 1.29 is 0 Å². The van der Waals surface area contributed by atoms with Crippen LogP contribution in [0.25, 0.3) is 27.8 Å². The van der Waals surface area contributed by atoms with Crippen molar-refractivity contribution in [1.29, 1.82) is 0 Å². The summed E-state index contributed by atoms with van der Waals surface area (Å²) in [5.41, 5.74) is 21.7. The minimum atomic E-state index is 0.882. The smallest absolute Gasteiger partial charge is 0.0649 e. The lowest BCUT2D eigenvalue weighted by molar-refractivity contribution is 1.16. The van der Waals surface area contributed by atoms with Gasteiger partial charge >= 0.3 is 0 Å². The number of rotatable bonds is 7. The van der Waals surface area contributed by atoms with Crippen molar-refractivity contribution in [3.63, 3.8) is 0 Å². The molecule has 0 saturated heterocycles. The van der Waals surface area contributed by atoms with E-state index in [0.717, 1.165) is 17.7 Å². The first-order valence-electron chi connectivity index (χ1n) is 18.8. The van der Waals surface area contributed by atoms with Gasteiger partial charge in [0.05, 0.1) is 5.71 Å². The average Bonchev–Trinajstić information content (AvgIpc) is 3.19. The van der Waals surface area contributed by atoms with Gasteiger partial charge in [0.1, 0.15) is 0 Å². The van der Waals surface area contributed by atoms with E-state index < -0.39 is 0 Å². The normalized spacial score (nSPS) is 13.2. The summed E-state index contributed by atoms with van der Waals surface area (Å²) in [6, 6.07) is 43.8. The van der Waals surface area contributed by atoms with Crippen LogP contribution < -0.4 is 0 Å². The topological polar surface area (TPSA) is 12.4 Å². The predicted octanol–water partition coefficient (Wildman–Crippen LogP) is 14.7. The Labute approximate surface area is 326 Å². The first kappa shape index (κ1) is 41.0. The summed E-state index contributed by atoms with van der Waals surface area (Å²) in [7, 11) is 1.88. The van der Waals surface area contributed by atoms with Gasteiger partial charge < -0.3 is 0 Å². The van der Waals surface area contributed by atoms with Crippen LogP contribution in [-0.2, 0) is 6.42 Å². The first-order valence-corrected chi connectivity index (χ1v) is 18.8. The fraction of sp³-hybridized carbons (Fsp3) is 0.189. The average molecular weight is 708 g/mol. The highest BCUT2D eigenvalue weighted by atomic mass is 14.7. The van der Waals surface area contributed by atoms with Crippen molar-refractivity contribution in [2.24, 2.45) is 4.99 Å². The van der Waals surface area contributed by atoms with E-state index in [4.69, 9.17) is 0 Å². The van der Waals surface area contributed by atoms with Crippen molar-refractivity contribution >= 4 is 22.4 Å². The van der Waals surface area contributed by atoms with Gasteiger partial charge in [0.25, 0.3) is 0 Å². The van der Waals surface area contributed by atoms with Crippen molar-refractivity contribution in [3.8, 4) is 11.1 Å². The highest BCUT2D eigenvalue weighted by Crippen LogP contribution is 2.34. The zero-order valence-corrected chi connectivity index (χ0v) is 33.9. The van der Waals surface area contributed by atoms with Crippen molar-refractivity contribution in [2.75, 3.05) is 7.05 Å². The van der Waals surface area contributed by atoms with E-state index in [9.17, 15) is 0 Å². The molecular weight excluding hydrogens is 651 g/mol. The van der Waals surface area contributed by atoms with Gasteiger partial charge in [-0.1, -0.05) is 150 Å². The summed E-state index contributed by atoms with van der Waals surface area (Å²) in [6.07, 6.45) is 9.36. The van der Waals surface area contributed by atoms with E-state index in [-0.39, 0.29) is 0 Å². The number of aliphatic imine (C=N–C) groups is 1. The molecule has 0 atom stereocenters. The SMILES string of the molecule is C=C.CC(C)=C(C)c1ccccc1C.CN=C1C=CC=C/C1=C(/c1cc(C)cc(Cc2ccccc2C(C)=C(C)C)c1)c1cccc(-c2ccccc2)c1. The summed E-state index contributed by atoms with van der Waals surface area (Å²) in [5.74, 6) is 0. The summed E-state index contributed by atoms with van der Waals surface area (Å²) in [5, 5.41) is 0. The van der Waals surface area contributed by atoms with E-state index in [1.807, 2.05) is 7.05 Å². The third-order valence-electron chi connectivity index (χ3n) is 9.96. The van der Waals surface area contributed by atoms with Crippen LogP contribution in [0, 0.1) is 13.8 Å². The van der Waals surface area contributed by atoms with Gasteiger partial charge in [-0.05, 0) is 141 Å². The number of benzene rings is 5. The molecule has 0 aliphatic heterocycles. The number of hydrogen-bond donors (Lipinski definition) is 0. The molecular formula is C53H57N. The van der Waals surface area contributed by atoms with Crippen LogP contribution in [0.4, 0.5) is 0 Å². The third kappa shape index (κ3) is 10.4. The van der Waals surface area contributed by atoms with Crippen LogP contribution in [0.3, 0.4) is 0 Å². The molecule has 5 aromatic rings. The van der Waals surface area contributed by atoms with Gasteiger partial charge in [-0.25, -0.2) is 0 Å². The standard InChI is InChI=1S/C39H37N.C12H16.C2H4/c1-27(2)29(4)36-19-10-9-16-33(36)24-30-22-28(3)23-35(25-30)39(37-20-11-12-21-38(37)40-5)34-18-13-17-32(26-34)31-14-7-6-8-15-31;1-9(2)11(4)12-8-6-5-7-10(12)3;1-2/h6-23,25-26H,24H2,1-5H3;5-8H,1-4H3;1-2H2/b39-37-,40-38?;;. The van der Waals surface area contributed by atoms with E-state index in [1.165, 1.54) is 83.5 Å². The van der Waals surface area contributed by atoms with Crippen LogP contribution in [-0.4, -0.2) is 12.8 Å². The lowest BCUT2D eigenvalue weighted by atomic mass is 9.85. The van der Waals surface area contributed by atoms with Crippen LogP contribution in [0.5, 0.6) is 0 Å². The first-order chi connectivity index (χ1) is 26.1. The van der Waals surface area contributed by atoms with Gasteiger partial charge in [0.15, 0.2) is 0 Å². The molecule has 1 heteroatoms. The van der Waals surface area contributed by atoms with E-state index in [0.29, 0.717) is 0 Å². The molecule has 0 bridgehead atoms. The number of aryl methyl sites for hydroxylation is 2. The van der Waals surface area contributed by atoms with Crippen molar-refractivity contribution in [1.82, 2.24) is 0 Å². The minimum absolute atomic E-state index is 0.882. The lowest BCUT2D eigenvalue weighted by Gasteiger charge is -2.19. The summed E-state index contributed by atoms with van der Waals surface area (Å²) >= 11 is 0. The zero-order chi connectivity index (χ0) is 39.2. The molecule has 5 aromatic carbocycles. The fourth-order valence-electron chi connectivity index (χ4n) is 6.74. The Kier molecular flexibility index (Phi) is 15.1. The molecule has 1 aliphatic rings. The van der Waals surface area contributed by atoms with Gasteiger partial charge in [-0.3, -0.25) is 4.99 Å². The van der Waals surface area contributed by atoms with Crippen LogP contribution in [0.2, 0.25) is 0 Å². The molecule has 0 N–H and O–H groups in total. The molecule has 0 heterocycles. The molecule has 0 amide bonds. The lowest BCUT2D eigenvalue weighted by Crippen LogP contribution is -2.06. The van der Waals surface area contributed by atoms with Gasteiger partial charge in [0, 0.05) is 12.6 Å². The van der Waals surface area contributed by atoms with Gasteiger partial charge in [-0.15, -0.1) is 13.2 Å². The highest BCUT2D eigenvalue weighted by molar-refractivity contribution is 6.17. The molecule has 274 valence electrons. The Morgan fingerprint density at radius 3 is 1.81 bits per heavy atom. The molecule has 0 spiro atoms. The van der Waals surface area contributed by atoms with E-state index >= 15 is 0 Å². The molecule has 0 aromatic heterocycles. The Balaban J connectivity index is 0.000000393. The maximum atomic E-state index is 4.66. The Morgan fingerprint density at radius 1 is 0.556 bits per heavy atom. The monoisotopic (exact) mass is 707 g/mol. The second-order valence-electron chi connectivity index (χ2n) is 14.2. The molecule has 0 saturated carbocycles. The van der Waals surface area contributed by atoms with E-state index in [2.05, 4.69) is 219 Å². The summed E-state index contributed by atoms with van der Waals surface area (Å²) in [6.45, 7) is 23.5. The fourth-order valence-corrected chi connectivity index (χ4v) is 6.74. The Morgan fingerprint density at radius 2 is 1.15 bits per heavy atom. The summed E-state index contributed by atoms with van der Waals surface area (Å²) in [4.78, 5) is 4.66. The quantitative estimate of drug-likeness (QED) is 0.149. The Bertz CT molecular complexity index is 2240. The van der Waals surface area contributed by atoms with Crippen molar-refractivity contribution in [2.45, 2.75) is 61.8 Å². The molecule has 0 fully saturated rings. The molecule has 1 aliphatic carbocycles. The number of hydrogen-bond acceptors (Lipinski definition) is 1. The highest BCUT2D eigenvalue weighted by Gasteiger charge is 2.17. The maximum Gasteiger partial charge on any atom is 0.0649 e. The second kappa shape index (κ2) is 19.9. The number of allylic oxidation sites excluding steroid dienone is 9. The van der Waals surface area contributed by atoms with Crippen molar-refractivity contribution in [3.05, 3.63) is 220 Å². The molecule has 6 rings (SSSR count). The number of nitrogens with zero attached hydrogens (tertiary/aromatic N) is 1. The molecule has 54 heavy (non-hydrogen) atoms. The van der Waals surface area contributed by atoms with Gasteiger partial charge in [0.2, 0.25) is 0 Å². The van der Waals surface area contributed by atoms with Gasteiger partial charge in [-0.2, -0.15) is 0 Å². The van der Waals surface area contributed by atoms with E-state index in [1.54, 1.807) is 0 Å². The third-order valence-corrected chi connectivity index (χ3v) is 9.96. The van der Waals surface area contributed by atoms with Crippen LogP contribution >= 0.6 is 0 Å². The molecule has 1 nitrogen and oxygen atoms in total. The molecule has 0 unspecified atom stereocenters. The van der Waals surface area contributed by atoms with Crippen LogP contribution in [0.15, 0.2) is 181 Å². The Hall–Kier alpha value is -5.79. The second-order valence-corrected chi connectivity index (χ2v) is 14.2. The minimum Gasteiger partial charge on any atom is -0.288 e. The zero-order valence-electron chi connectivity index (χ0n) is 33.9. The predicted molar refractivity (Wildman–Crippen MR) is 240 cm³/mol. The maximum absolute atomic E-state index is 4.66. The van der Waals surface area contributed by atoms with Crippen LogP contribution in [0.1, 0.15) is 86.1 Å². The molecule has 0 radical (unpaired) electrons. The summed E-state index contributed by atoms with van der Waals surface area (Å²) < 4.78 is 0.